The van der Waals surface area contributed by atoms with Crippen LogP contribution in [0, 0.1) is 0 Å². The van der Waals surface area contributed by atoms with Gasteiger partial charge in [-0.15, -0.1) is 0 Å². The molecule has 0 aromatic heterocycles. The van der Waals surface area contributed by atoms with Gasteiger partial charge in [-0.25, -0.2) is 9.69 Å². The predicted octanol–water partition coefficient (Wildman–Crippen LogP) is 3.11. The molecule has 2 aromatic carbocycles. The molecule has 0 bridgehead atoms. The Morgan fingerprint density at radius 1 is 0.935 bits per heavy atom. The van der Waals surface area contributed by atoms with E-state index in [0.29, 0.717) is 16.3 Å². The van der Waals surface area contributed by atoms with E-state index in [1.54, 1.807) is 36.4 Å². The van der Waals surface area contributed by atoms with Crippen molar-refractivity contribution in [2.45, 2.75) is 25.3 Å². The van der Waals surface area contributed by atoms with Gasteiger partial charge >= 0.3 is 5.97 Å². The number of carbonyl (C=O) groups is 4. The first-order chi connectivity index (χ1) is 14.9. The highest BCUT2D eigenvalue weighted by molar-refractivity contribution is 6.30. The lowest BCUT2D eigenvalue weighted by atomic mass is 10.1. The SMILES string of the molecule is O=C(COC(=O)c1ccc(N2C(=O)CC(N3CCCC3)C2=O)cc1)c1ccc(Cl)cc1. The standard InChI is InChI=1S/C23H21ClN2O5/c24-17-7-3-15(4-8-17)20(27)14-31-23(30)16-5-9-18(10-6-16)26-21(28)13-19(22(26)29)25-11-1-2-12-25/h3-10,19H,1-2,11-14H2. The number of hydrogen-bond donors (Lipinski definition) is 0. The van der Waals surface area contributed by atoms with Crippen molar-refractivity contribution in [1.29, 1.82) is 0 Å². The average molecular weight is 441 g/mol. The predicted molar refractivity (Wildman–Crippen MR) is 114 cm³/mol. The number of rotatable bonds is 6. The molecule has 4 rings (SSSR count). The van der Waals surface area contributed by atoms with E-state index in [4.69, 9.17) is 16.3 Å². The number of halogens is 1. The first kappa shape index (κ1) is 21.2. The summed E-state index contributed by atoms with van der Waals surface area (Å²) in [7, 11) is 0. The van der Waals surface area contributed by atoms with E-state index < -0.39 is 18.6 Å². The van der Waals surface area contributed by atoms with Gasteiger partial charge in [-0.05, 0) is 74.5 Å². The Bertz CT molecular complexity index is 1010. The Morgan fingerprint density at radius 2 is 1.55 bits per heavy atom. The summed E-state index contributed by atoms with van der Waals surface area (Å²) < 4.78 is 5.09. The molecule has 160 valence electrons. The summed E-state index contributed by atoms with van der Waals surface area (Å²) in [5.41, 5.74) is 1.04. The number of nitrogens with zero attached hydrogens (tertiary/aromatic N) is 2. The third kappa shape index (κ3) is 4.52. The van der Waals surface area contributed by atoms with Gasteiger partial charge in [0.05, 0.1) is 23.7 Å². The maximum atomic E-state index is 12.8. The first-order valence-corrected chi connectivity index (χ1v) is 10.5. The van der Waals surface area contributed by atoms with Crippen LogP contribution in [-0.2, 0) is 14.3 Å². The molecule has 1 atom stereocenters. The quantitative estimate of drug-likeness (QED) is 0.390. The molecule has 2 aromatic rings. The molecule has 2 aliphatic heterocycles. The molecule has 7 nitrogen and oxygen atoms in total. The zero-order valence-corrected chi connectivity index (χ0v) is 17.5. The minimum atomic E-state index is -0.664. The molecule has 2 aliphatic rings. The highest BCUT2D eigenvalue weighted by atomic mass is 35.5. The van der Waals surface area contributed by atoms with Crippen LogP contribution in [0.4, 0.5) is 5.69 Å². The lowest BCUT2D eigenvalue weighted by Gasteiger charge is -2.21. The molecule has 2 heterocycles. The molecule has 0 N–H and O–H groups in total. The number of esters is 1. The molecule has 0 spiro atoms. The second kappa shape index (κ2) is 8.99. The number of imide groups is 1. The number of ketones is 1. The summed E-state index contributed by atoms with van der Waals surface area (Å²) in [4.78, 5) is 52.9. The van der Waals surface area contributed by atoms with E-state index in [9.17, 15) is 19.2 Å². The summed E-state index contributed by atoms with van der Waals surface area (Å²) in [6, 6.07) is 11.9. The minimum Gasteiger partial charge on any atom is -0.454 e. The van der Waals surface area contributed by atoms with Gasteiger partial charge in [-0.1, -0.05) is 11.6 Å². The van der Waals surface area contributed by atoms with Crippen LogP contribution >= 0.6 is 11.6 Å². The van der Waals surface area contributed by atoms with E-state index >= 15 is 0 Å². The largest absolute Gasteiger partial charge is 0.454 e. The van der Waals surface area contributed by atoms with Crippen LogP contribution in [0.1, 0.15) is 40.0 Å². The van der Waals surface area contributed by atoms with E-state index in [-0.39, 0.29) is 29.6 Å². The van der Waals surface area contributed by atoms with Crippen LogP contribution in [-0.4, -0.2) is 54.2 Å². The van der Waals surface area contributed by atoms with Crippen molar-refractivity contribution in [3.05, 3.63) is 64.7 Å². The van der Waals surface area contributed by atoms with Crippen LogP contribution in [0.15, 0.2) is 48.5 Å². The molecule has 1 unspecified atom stereocenters. The first-order valence-electron chi connectivity index (χ1n) is 10.1. The van der Waals surface area contributed by atoms with Crippen molar-refractivity contribution in [3.8, 4) is 0 Å². The average Bonchev–Trinajstić information content (AvgIpc) is 3.40. The van der Waals surface area contributed by atoms with Gasteiger partial charge in [0.15, 0.2) is 12.4 Å². The molecule has 0 radical (unpaired) electrons. The minimum absolute atomic E-state index is 0.176. The third-order valence-electron chi connectivity index (χ3n) is 5.57. The second-order valence-corrected chi connectivity index (χ2v) is 8.02. The second-order valence-electron chi connectivity index (χ2n) is 7.58. The number of amides is 2. The summed E-state index contributed by atoms with van der Waals surface area (Å²) >= 11 is 5.80. The maximum absolute atomic E-state index is 12.8. The van der Waals surface area contributed by atoms with Crippen molar-refractivity contribution < 1.29 is 23.9 Å². The number of likely N-dealkylation sites (tertiary alicyclic amines) is 1. The molecule has 31 heavy (non-hydrogen) atoms. The highest BCUT2D eigenvalue weighted by Crippen LogP contribution is 2.28. The van der Waals surface area contributed by atoms with Crippen LogP contribution in [0.25, 0.3) is 0 Å². The molecule has 2 amide bonds. The molecule has 2 fully saturated rings. The summed E-state index contributed by atoms with van der Waals surface area (Å²) in [5.74, 6) is -1.48. The zero-order valence-electron chi connectivity index (χ0n) is 16.8. The monoisotopic (exact) mass is 440 g/mol. The molecule has 0 aliphatic carbocycles. The van der Waals surface area contributed by atoms with E-state index in [1.807, 2.05) is 0 Å². The van der Waals surface area contributed by atoms with Crippen molar-refractivity contribution in [1.82, 2.24) is 4.90 Å². The van der Waals surface area contributed by atoms with E-state index in [1.165, 1.54) is 17.0 Å². The van der Waals surface area contributed by atoms with Crippen molar-refractivity contribution in [2.75, 3.05) is 24.6 Å². The lowest BCUT2D eigenvalue weighted by molar-refractivity contribution is -0.122. The van der Waals surface area contributed by atoms with Gasteiger partial charge < -0.3 is 4.74 Å². The fourth-order valence-electron chi connectivity index (χ4n) is 3.91. The fraction of sp³-hybridized carbons (Fsp3) is 0.304. The molecular weight excluding hydrogens is 420 g/mol. The Balaban J connectivity index is 1.38. The Kier molecular flexibility index (Phi) is 6.15. The molecule has 8 heteroatoms. The normalized spacial score (nSPS) is 19.1. The molecule has 0 saturated carbocycles. The van der Waals surface area contributed by atoms with Gasteiger partial charge in [0.2, 0.25) is 5.91 Å². The lowest BCUT2D eigenvalue weighted by Crippen LogP contribution is -2.40. The van der Waals surface area contributed by atoms with Gasteiger partial charge in [0.25, 0.3) is 5.91 Å². The zero-order chi connectivity index (χ0) is 22.0. The van der Waals surface area contributed by atoms with Crippen LogP contribution < -0.4 is 4.90 Å². The fourth-order valence-corrected chi connectivity index (χ4v) is 4.03. The Labute approximate surface area is 184 Å². The van der Waals surface area contributed by atoms with E-state index in [0.717, 1.165) is 25.9 Å². The van der Waals surface area contributed by atoms with Gasteiger partial charge in [0, 0.05) is 10.6 Å². The topological polar surface area (TPSA) is 84.0 Å². The van der Waals surface area contributed by atoms with Crippen molar-refractivity contribution in [2.24, 2.45) is 0 Å². The van der Waals surface area contributed by atoms with Crippen LogP contribution in [0.2, 0.25) is 5.02 Å². The van der Waals surface area contributed by atoms with Crippen LogP contribution in [0.5, 0.6) is 0 Å². The Hall–Kier alpha value is -3.03. The summed E-state index contributed by atoms with van der Waals surface area (Å²) in [5, 5.41) is 0.510. The van der Waals surface area contributed by atoms with Gasteiger partial charge in [-0.3, -0.25) is 19.3 Å². The van der Waals surface area contributed by atoms with Gasteiger partial charge in [-0.2, -0.15) is 0 Å². The molecular formula is C23H21ClN2O5. The highest BCUT2D eigenvalue weighted by Gasteiger charge is 2.43. The smallest absolute Gasteiger partial charge is 0.338 e. The van der Waals surface area contributed by atoms with Crippen LogP contribution in [0.3, 0.4) is 0 Å². The number of benzene rings is 2. The Morgan fingerprint density at radius 3 is 2.19 bits per heavy atom. The number of Topliss-reactive ketones (excluding diaryl/α,β-unsaturated/α-hetero) is 1. The number of hydrogen-bond acceptors (Lipinski definition) is 6. The molecule has 2 saturated heterocycles. The van der Waals surface area contributed by atoms with Gasteiger partial charge in [0.1, 0.15) is 0 Å². The third-order valence-corrected chi connectivity index (χ3v) is 5.82. The number of carbonyl (C=O) groups excluding carboxylic acids is 4. The van der Waals surface area contributed by atoms with Crippen molar-refractivity contribution >= 4 is 40.9 Å². The summed E-state index contributed by atoms with van der Waals surface area (Å²) in [6.07, 6.45) is 2.25. The summed E-state index contributed by atoms with van der Waals surface area (Å²) in [6.45, 7) is 1.26. The van der Waals surface area contributed by atoms with E-state index in [2.05, 4.69) is 4.90 Å². The maximum Gasteiger partial charge on any atom is 0.338 e. The number of anilines is 1. The number of ether oxygens (including phenoxy) is 1. The van der Waals surface area contributed by atoms with Crippen molar-refractivity contribution in [3.63, 3.8) is 0 Å².